The number of hydrogen-bond donors (Lipinski definition) is 0. The van der Waals surface area contributed by atoms with Crippen molar-refractivity contribution in [1.82, 2.24) is 14.8 Å². The fourth-order valence-corrected chi connectivity index (χ4v) is 5.03. The molecule has 0 saturated carbocycles. The Labute approximate surface area is 212 Å². The average Bonchev–Trinajstić information content (AvgIpc) is 3.44. The number of amides is 1. The van der Waals surface area contributed by atoms with Crippen molar-refractivity contribution in [2.45, 2.75) is 52.2 Å². The molecule has 1 aliphatic rings. The molecule has 0 atom stereocenters. The van der Waals surface area contributed by atoms with Crippen molar-refractivity contribution >= 4 is 17.2 Å². The van der Waals surface area contributed by atoms with E-state index in [1.54, 1.807) is 17.4 Å². The van der Waals surface area contributed by atoms with E-state index in [9.17, 15) is 4.79 Å². The number of rotatable bonds is 8. The van der Waals surface area contributed by atoms with E-state index in [1.165, 1.54) is 5.01 Å². The molecule has 3 aromatic rings. The maximum Gasteiger partial charge on any atom is 0.289 e. The largest absolute Gasteiger partial charge is 0.485 e. The summed E-state index contributed by atoms with van der Waals surface area (Å²) < 4.78 is 11.8. The number of para-hydroxylation sites is 1. The SMILES string of the molecule is C=CCc1ccccc1OCc1ccc(C(=O)N2CCCN(Cc3csc(C(C)(C)C)n3)CC2)o1. The van der Waals surface area contributed by atoms with E-state index in [-0.39, 0.29) is 17.9 Å². The fraction of sp³-hybridized carbons (Fsp3) is 0.429. The predicted molar refractivity (Wildman–Crippen MR) is 140 cm³/mol. The molecule has 6 nitrogen and oxygen atoms in total. The molecule has 4 rings (SSSR count). The standard InChI is InChI=1S/C28H35N3O3S/c1-5-9-21-10-6-7-11-24(21)33-19-23-12-13-25(34-23)26(32)31-15-8-14-30(16-17-31)18-22-20-35-27(29-22)28(2,3)4/h5-7,10-13,20H,1,8-9,14-19H2,2-4H3. The molecule has 0 spiro atoms. The van der Waals surface area contributed by atoms with Gasteiger partial charge in [-0.05, 0) is 36.6 Å². The van der Waals surface area contributed by atoms with Crippen LogP contribution in [0.2, 0.25) is 0 Å². The third-order valence-corrected chi connectivity index (χ3v) is 7.35. The number of carbonyl (C=O) groups is 1. The average molecular weight is 494 g/mol. The summed E-state index contributed by atoms with van der Waals surface area (Å²) in [4.78, 5) is 22.2. The summed E-state index contributed by atoms with van der Waals surface area (Å²) in [6, 6.07) is 11.5. The van der Waals surface area contributed by atoms with Crippen LogP contribution in [0.1, 0.15) is 59.8 Å². The lowest BCUT2D eigenvalue weighted by molar-refractivity contribution is 0.0725. The number of nitrogens with zero attached hydrogens (tertiary/aromatic N) is 3. The van der Waals surface area contributed by atoms with Gasteiger partial charge in [-0.25, -0.2) is 4.98 Å². The Morgan fingerprint density at radius 1 is 1.17 bits per heavy atom. The summed E-state index contributed by atoms with van der Waals surface area (Å²) in [6.07, 6.45) is 3.53. The Balaban J connectivity index is 1.31. The first kappa shape index (κ1) is 25.2. The number of ether oxygens (including phenoxy) is 1. The minimum atomic E-state index is -0.0613. The number of benzene rings is 1. The molecule has 0 aliphatic carbocycles. The molecule has 7 heteroatoms. The highest BCUT2D eigenvalue weighted by molar-refractivity contribution is 7.09. The Kier molecular flexibility index (Phi) is 8.08. The van der Waals surface area contributed by atoms with Crippen LogP contribution in [0.25, 0.3) is 0 Å². The molecule has 1 amide bonds. The number of carbonyl (C=O) groups excluding carboxylic acids is 1. The van der Waals surface area contributed by atoms with E-state index in [0.717, 1.165) is 56.0 Å². The Bertz CT molecular complexity index is 1140. The summed E-state index contributed by atoms with van der Waals surface area (Å²) in [5.74, 6) is 1.75. The lowest BCUT2D eigenvalue weighted by Gasteiger charge is -2.21. The summed E-state index contributed by atoms with van der Waals surface area (Å²) in [6.45, 7) is 14.7. The van der Waals surface area contributed by atoms with Crippen LogP contribution >= 0.6 is 11.3 Å². The van der Waals surface area contributed by atoms with Gasteiger partial charge in [-0.3, -0.25) is 9.69 Å². The molecular formula is C28H35N3O3S. The van der Waals surface area contributed by atoms with Crippen molar-refractivity contribution < 1.29 is 13.9 Å². The summed E-state index contributed by atoms with van der Waals surface area (Å²) in [5, 5.41) is 3.33. The first-order chi connectivity index (χ1) is 16.8. The quantitative estimate of drug-likeness (QED) is 0.377. The van der Waals surface area contributed by atoms with Crippen molar-refractivity contribution in [1.29, 1.82) is 0 Å². The van der Waals surface area contributed by atoms with Crippen LogP contribution < -0.4 is 4.74 Å². The van der Waals surface area contributed by atoms with Crippen LogP contribution in [0.15, 0.2) is 58.9 Å². The van der Waals surface area contributed by atoms with Gasteiger partial charge < -0.3 is 14.1 Å². The van der Waals surface area contributed by atoms with Gasteiger partial charge in [0.05, 0.1) is 10.7 Å². The van der Waals surface area contributed by atoms with Gasteiger partial charge in [0.2, 0.25) is 0 Å². The van der Waals surface area contributed by atoms with E-state index >= 15 is 0 Å². The molecule has 1 saturated heterocycles. The zero-order valence-electron chi connectivity index (χ0n) is 21.0. The molecule has 2 aromatic heterocycles. The first-order valence-electron chi connectivity index (χ1n) is 12.2. The monoisotopic (exact) mass is 493 g/mol. The normalized spacial score (nSPS) is 15.1. The lowest BCUT2D eigenvalue weighted by Crippen LogP contribution is -2.35. The van der Waals surface area contributed by atoms with Crippen LogP contribution in [-0.2, 0) is 25.0 Å². The summed E-state index contributed by atoms with van der Waals surface area (Å²) in [5.41, 5.74) is 2.27. The third-order valence-electron chi connectivity index (χ3n) is 6.03. The fourth-order valence-electron chi connectivity index (χ4n) is 4.13. The third kappa shape index (κ3) is 6.61. The van der Waals surface area contributed by atoms with Gasteiger partial charge >= 0.3 is 0 Å². The second kappa shape index (κ2) is 11.2. The maximum atomic E-state index is 13.1. The lowest BCUT2D eigenvalue weighted by atomic mass is 9.98. The minimum Gasteiger partial charge on any atom is -0.485 e. The second-order valence-electron chi connectivity index (χ2n) is 9.97. The highest BCUT2D eigenvalue weighted by Crippen LogP contribution is 2.26. The van der Waals surface area contributed by atoms with Gasteiger partial charge in [0.1, 0.15) is 18.1 Å². The predicted octanol–water partition coefficient (Wildman–Crippen LogP) is 5.69. The van der Waals surface area contributed by atoms with Crippen LogP contribution in [0.3, 0.4) is 0 Å². The van der Waals surface area contributed by atoms with Crippen LogP contribution in [0.4, 0.5) is 0 Å². The van der Waals surface area contributed by atoms with Gasteiger partial charge in [-0.2, -0.15) is 0 Å². The number of thiazole rings is 1. The van der Waals surface area contributed by atoms with Gasteiger partial charge in [0.25, 0.3) is 5.91 Å². The highest BCUT2D eigenvalue weighted by atomic mass is 32.1. The van der Waals surface area contributed by atoms with Crippen molar-refractivity contribution in [3.8, 4) is 5.75 Å². The van der Waals surface area contributed by atoms with Gasteiger partial charge in [0, 0.05) is 43.5 Å². The molecular weight excluding hydrogens is 458 g/mol. The van der Waals surface area contributed by atoms with Crippen molar-refractivity contribution in [3.05, 3.63) is 82.2 Å². The van der Waals surface area contributed by atoms with E-state index in [4.69, 9.17) is 14.1 Å². The molecule has 1 aliphatic heterocycles. The molecule has 0 N–H and O–H groups in total. The molecule has 3 heterocycles. The molecule has 35 heavy (non-hydrogen) atoms. The van der Waals surface area contributed by atoms with Crippen LogP contribution in [0.5, 0.6) is 5.75 Å². The molecule has 0 radical (unpaired) electrons. The summed E-state index contributed by atoms with van der Waals surface area (Å²) >= 11 is 1.73. The minimum absolute atomic E-state index is 0.0613. The maximum absolute atomic E-state index is 13.1. The second-order valence-corrected chi connectivity index (χ2v) is 10.8. The van der Waals surface area contributed by atoms with Crippen LogP contribution in [-0.4, -0.2) is 46.9 Å². The molecule has 1 aromatic carbocycles. The smallest absolute Gasteiger partial charge is 0.289 e. The van der Waals surface area contributed by atoms with E-state index < -0.39 is 0 Å². The first-order valence-corrected chi connectivity index (χ1v) is 13.1. The number of furan rings is 1. The zero-order valence-corrected chi connectivity index (χ0v) is 21.8. The highest BCUT2D eigenvalue weighted by Gasteiger charge is 2.24. The zero-order chi connectivity index (χ0) is 24.8. The van der Waals surface area contributed by atoms with Crippen LogP contribution in [0, 0.1) is 0 Å². The molecule has 1 fully saturated rings. The van der Waals surface area contributed by atoms with Crippen molar-refractivity contribution in [3.63, 3.8) is 0 Å². The Morgan fingerprint density at radius 3 is 2.77 bits per heavy atom. The Hall–Kier alpha value is -2.90. The van der Waals surface area contributed by atoms with Gasteiger partial charge in [0.15, 0.2) is 5.76 Å². The number of aromatic nitrogens is 1. The van der Waals surface area contributed by atoms with E-state index in [0.29, 0.717) is 18.1 Å². The molecule has 0 bridgehead atoms. The van der Waals surface area contributed by atoms with Crippen molar-refractivity contribution in [2.75, 3.05) is 26.2 Å². The number of allylic oxidation sites excluding steroid dienone is 1. The van der Waals surface area contributed by atoms with Gasteiger partial charge in [-0.1, -0.05) is 45.0 Å². The number of hydrogen-bond acceptors (Lipinski definition) is 6. The topological polar surface area (TPSA) is 58.8 Å². The Morgan fingerprint density at radius 2 is 2.00 bits per heavy atom. The summed E-state index contributed by atoms with van der Waals surface area (Å²) in [7, 11) is 0. The van der Waals surface area contributed by atoms with E-state index in [2.05, 4.69) is 37.6 Å². The van der Waals surface area contributed by atoms with E-state index in [1.807, 2.05) is 41.3 Å². The molecule has 186 valence electrons. The van der Waals surface area contributed by atoms with Crippen molar-refractivity contribution in [2.24, 2.45) is 0 Å². The molecule has 0 unspecified atom stereocenters. The van der Waals surface area contributed by atoms with Gasteiger partial charge in [-0.15, -0.1) is 17.9 Å².